The van der Waals surface area contributed by atoms with E-state index in [1.807, 2.05) is 12.3 Å². The lowest BCUT2D eigenvalue weighted by molar-refractivity contribution is 0.327. The number of hydrogen-bond acceptors (Lipinski definition) is 2. The first-order chi connectivity index (χ1) is 7.79. The van der Waals surface area contributed by atoms with Gasteiger partial charge in [-0.3, -0.25) is 0 Å². The molecule has 2 atom stereocenters. The van der Waals surface area contributed by atoms with E-state index >= 15 is 0 Å². The Morgan fingerprint density at radius 2 is 2.31 bits per heavy atom. The van der Waals surface area contributed by atoms with Crippen LogP contribution in [0.1, 0.15) is 44.6 Å². The lowest BCUT2D eigenvalue weighted by atomic mass is 9.84. The molecule has 0 radical (unpaired) electrons. The van der Waals surface area contributed by atoms with Gasteiger partial charge in [0.2, 0.25) is 0 Å². The number of pyridine rings is 1. The number of aromatic nitrogens is 1. The van der Waals surface area contributed by atoms with Gasteiger partial charge in [-0.1, -0.05) is 32.3 Å². The third-order valence-electron chi connectivity index (χ3n) is 3.71. The maximum atomic E-state index is 4.41. The van der Waals surface area contributed by atoms with Gasteiger partial charge in [0.05, 0.1) is 0 Å². The van der Waals surface area contributed by atoms with E-state index in [1.165, 1.54) is 37.7 Å². The molecule has 0 aliphatic heterocycles. The molecule has 1 aromatic heterocycles. The fraction of sp³-hybridized carbons (Fsp3) is 0.643. The largest absolute Gasteiger partial charge is 0.367 e. The molecule has 0 amide bonds. The summed E-state index contributed by atoms with van der Waals surface area (Å²) < 4.78 is 0. The zero-order valence-electron chi connectivity index (χ0n) is 10.4. The Morgan fingerprint density at radius 3 is 3.06 bits per heavy atom. The van der Waals surface area contributed by atoms with E-state index in [0.717, 1.165) is 11.7 Å². The summed E-state index contributed by atoms with van der Waals surface area (Å²) in [6.07, 6.45) is 8.58. The third-order valence-corrected chi connectivity index (χ3v) is 3.71. The van der Waals surface area contributed by atoms with Crippen molar-refractivity contribution in [2.24, 2.45) is 5.92 Å². The smallest absolute Gasteiger partial charge is 0.129 e. The van der Waals surface area contributed by atoms with Crippen LogP contribution in [0, 0.1) is 12.8 Å². The molecule has 0 bridgehead atoms. The quantitative estimate of drug-likeness (QED) is 0.835. The molecular formula is C14H22N2. The van der Waals surface area contributed by atoms with E-state index < -0.39 is 0 Å². The molecule has 1 fully saturated rings. The second-order valence-electron chi connectivity index (χ2n) is 4.95. The summed E-state index contributed by atoms with van der Waals surface area (Å²) in [4.78, 5) is 4.41. The molecule has 1 aromatic rings. The minimum Gasteiger partial charge on any atom is -0.367 e. The zero-order chi connectivity index (χ0) is 11.4. The van der Waals surface area contributed by atoms with Gasteiger partial charge in [-0.15, -0.1) is 0 Å². The van der Waals surface area contributed by atoms with Crippen LogP contribution >= 0.6 is 0 Å². The maximum Gasteiger partial charge on any atom is 0.129 e. The van der Waals surface area contributed by atoms with Crippen molar-refractivity contribution in [2.75, 3.05) is 5.32 Å². The van der Waals surface area contributed by atoms with Crippen LogP contribution in [-0.4, -0.2) is 11.0 Å². The van der Waals surface area contributed by atoms with Gasteiger partial charge in [0.25, 0.3) is 0 Å². The minimum absolute atomic E-state index is 0.632. The van der Waals surface area contributed by atoms with Crippen LogP contribution in [0.15, 0.2) is 18.3 Å². The summed E-state index contributed by atoms with van der Waals surface area (Å²) in [5.41, 5.74) is 1.25. The minimum atomic E-state index is 0.632. The van der Waals surface area contributed by atoms with Crippen molar-refractivity contribution < 1.29 is 0 Å². The Balaban J connectivity index is 1.97. The summed E-state index contributed by atoms with van der Waals surface area (Å²) in [6, 6.07) is 4.75. The van der Waals surface area contributed by atoms with E-state index in [9.17, 15) is 0 Å². The van der Waals surface area contributed by atoms with E-state index in [1.54, 1.807) is 0 Å². The third kappa shape index (κ3) is 2.75. The van der Waals surface area contributed by atoms with Crippen LogP contribution in [0.2, 0.25) is 0 Å². The molecule has 1 saturated carbocycles. The monoisotopic (exact) mass is 218 g/mol. The Kier molecular flexibility index (Phi) is 3.81. The van der Waals surface area contributed by atoms with Crippen molar-refractivity contribution in [2.45, 2.75) is 52.0 Å². The zero-order valence-corrected chi connectivity index (χ0v) is 10.4. The van der Waals surface area contributed by atoms with Crippen LogP contribution < -0.4 is 5.32 Å². The Morgan fingerprint density at radius 1 is 1.44 bits per heavy atom. The van der Waals surface area contributed by atoms with Gasteiger partial charge in [-0.05, 0) is 37.3 Å². The first-order valence-electron chi connectivity index (χ1n) is 6.47. The van der Waals surface area contributed by atoms with E-state index in [-0.39, 0.29) is 0 Å². The average Bonchev–Trinajstić information content (AvgIpc) is 2.32. The van der Waals surface area contributed by atoms with Crippen LogP contribution in [-0.2, 0) is 0 Å². The van der Waals surface area contributed by atoms with Gasteiger partial charge < -0.3 is 5.32 Å². The topological polar surface area (TPSA) is 24.9 Å². The Hall–Kier alpha value is -1.05. The molecule has 1 heterocycles. The van der Waals surface area contributed by atoms with Crippen molar-refractivity contribution >= 4 is 5.82 Å². The van der Waals surface area contributed by atoms with Gasteiger partial charge in [0, 0.05) is 12.2 Å². The lowest BCUT2D eigenvalue weighted by Gasteiger charge is -2.29. The number of hydrogen-bond donors (Lipinski definition) is 1. The van der Waals surface area contributed by atoms with Crippen LogP contribution in [0.4, 0.5) is 5.82 Å². The number of nitrogens with zero attached hydrogens (tertiary/aromatic N) is 1. The van der Waals surface area contributed by atoms with E-state index in [4.69, 9.17) is 0 Å². The Labute approximate surface area is 98.5 Å². The van der Waals surface area contributed by atoms with Crippen LogP contribution in [0.3, 0.4) is 0 Å². The second kappa shape index (κ2) is 5.33. The summed E-state index contributed by atoms with van der Waals surface area (Å²) in [7, 11) is 0. The first-order valence-corrected chi connectivity index (χ1v) is 6.47. The van der Waals surface area contributed by atoms with E-state index in [0.29, 0.717) is 6.04 Å². The number of anilines is 1. The van der Waals surface area contributed by atoms with Crippen molar-refractivity contribution in [3.63, 3.8) is 0 Å². The van der Waals surface area contributed by atoms with Crippen LogP contribution in [0.25, 0.3) is 0 Å². The summed E-state index contributed by atoms with van der Waals surface area (Å²) in [5, 5.41) is 3.60. The normalized spacial score (nSPS) is 25.4. The molecule has 88 valence electrons. The molecule has 2 nitrogen and oxygen atoms in total. The average molecular weight is 218 g/mol. The van der Waals surface area contributed by atoms with Crippen LogP contribution in [0.5, 0.6) is 0 Å². The predicted octanol–water partition coefficient (Wildman–Crippen LogP) is 3.77. The molecule has 1 aliphatic rings. The van der Waals surface area contributed by atoms with Crippen molar-refractivity contribution in [1.82, 2.24) is 4.98 Å². The molecular weight excluding hydrogens is 196 g/mol. The number of aryl methyl sites for hydroxylation is 1. The van der Waals surface area contributed by atoms with Crippen molar-refractivity contribution in [3.8, 4) is 0 Å². The molecule has 2 unspecified atom stereocenters. The van der Waals surface area contributed by atoms with E-state index in [2.05, 4.69) is 30.2 Å². The van der Waals surface area contributed by atoms with Gasteiger partial charge in [0.1, 0.15) is 5.82 Å². The van der Waals surface area contributed by atoms with Gasteiger partial charge in [-0.25, -0.2) is 4.98 Å². The van der Waals surface area contributed by atoms with Gasteiger partial charge in [0.15, 0.2) is 0 Å². The highest BCUT2D eigenvalue weighted by molar-refractivity contribution is 5.43. The van der Waals surface area contributed by atoms with Crippen molar-refractivity contribution in [3.05, 3.63) is 23.9 Å². The summed E-state index contributed by atoms with van der Waals surface area (Å²) in [5.74, 6) is 1.99. The molecule has 2 heteroatoms. The first kappa shape index (κ1) is 11.4. The lowest BCUT2D eigenvalue weighted by Crippen LogP contribution is -2.27. The highest BCUT2D eigenvalue weighted by Crippen LogP contribution is 2.28. The molecule has 2 rings (SSSR count). The molecule has 1 aliphatic carbocycles. The van der Waals surface area contributed by atoms with Gasteiger partial charge >= 0.3 is 0 Å². The molecule has 16 heavy (non-hydrogen) atoms. The van der Waals surface area contributed by atoms with Crippen molar-refractivity contribution in [1.29, 1.82) is 0 Å². The van der Waals surface area contributed by atoms with Gasteiger partial charge in [-0.2, -0.15) is 0 Å². The fourth-order valence-electron chi connectivity index (χ4n) is 2.62. The second-order valence-corrected chi connectivity index (χ2v) is 4.95. The fourth-order valence-corrected chi connectivity index (χ4v) is 2.62. The number of rotatable bonds is 3. The molecule has 0 saturated heterocycles. The molecule has 1 N–H and O–H groups in total. The SMILES string of the molecule is CCC1CCCC(Nc2ncccc2C)C1. The molecule has 0 aromatic carbocycles. The highest BCUT2D eigenvalue weighted by atomic mass is 15.0. The highest BCUT2D eigenvalue weighted by Gasteiger charge is 2.20. The Bertz CT molecular complexity index is 335. The molecule has 0 spiro atoms. The number of nitrogens with one attached hydrogen (secondary N) is 1. The summed E-state index contributed by atoms with van der Waals surface area (Å²) in [6.45, 7) is 4.43. The predicted molar refractivity (Wildman–Crippen MR) is 68.6 cm³/mol. The standard InChI is InChI=1S/C14H22N2/c1-3-12-7-4-8-13(10-12)16-14-11(2)6-5-9-15-14/h5-6,9,12-13H,3-4,7-8,10H2,1-2H3,(H,15,16). The summed E-state index contributed by atoms with van der Waals surface area (Å²) >= 11 is 0. The maximum absolute atomic E-state index is 4.41.